The van der Waals surface area contributed by atoms with Crippen LogP contribution in [-0.4, -0.2) is 42.8 Å². The highest BCUT2D eigenvalue weighted by Gasteiger charge is 2.54. The average molecular weight is 313 g/mol. The number of benzene rings is 1. The van der Waals surface area contributed by atoms with Crippen molar-refractivity contribution in [1.29, 1.82) is 0 Å². The number of nitrogens with zero attached hydrogens (tertiary/aromatic N) is 1. The van der Waals surface area contributed by atoms with Gasteiger partial charge in [-0.3, -0.25) is 14.5 Å². The van der Waals surface area contributed by atoms with Gasteiger partial charge in [-0.25, -0.2) is 0 Å². The van der Waals surface area contributed by atoms with Crippen LogP contribution in [0.1, 0.15) is 23.2 Å². The van der Waals surface area contributed by atoms with Crippen molar-refractivity contribution in [3.63, 3.8) is 0 Å². The number of carbonyl (C=O) groups is 2. The maximum absolute atomic E-state index is 13.5. The first kappa shape index (κ1) is 16.7. The molecule has 1 aliphatic carbocycles. The zero-order valence-corrected chi connectivity index (χ0v) is 12.4. The Morgan fingerprint density at radius 3 is 2.09 bits per heavy atom. The van der Waals surface area contributed by atoms with E-state index in [0.29, 0.717) is 12.8 Å². The van der Waals surface area contributed by atoms with E-state index in [-0.39, 0.29) is 11.5 Å². The summed E-state index contributed by atoms with van der Waals surface area (Å²) in [7, 11) is 2.81. The number of likely N-dealkylation sites (N-methyl/N-ethyl adjacent to an activating group) is 1. The molecule has 1 fully saturated rings. The van der Waals surface area contributed by atoms with Gasteiger partial charge in [-0.05, 0) is 26.9 Å². The smallest absolute Gasteiger partial charge is 0.299 e. The summed E-state index contributed by atoms with van der Waals surface area (Å²) in [6.07, 6.45) is -3.56. The SMILES string of the molecule is CN(C)C(C(=O)C1CC1)C(C(=O)c1ccccc1)C(F)(F)F. The molecule has 1 aromatic carbocycles. The van der Waals surface area contributed by atoms with Crippen LogP contribution in [0.2, 0.25) is 0 Å². The standard InChI is InChI=1S/C16H18F3NO2/c1-20(2)13(15(22)11-8-9-11)12(16(17,18)19)14(21)10-6-4-3-5-7-10/h3-7,11-13H,8-9H2,1-2H3. The monoisotopic (exact) mass is 313 g/mol. The van der Waals surface area contributed by atoms with E-state index >= 15 is 0 Å². The van der Waals surface area contributed by atoms with Crippen molar-refractivity contribution in [2.24, 2.45) is 11.8 Å². The van der Waals surface area contributed by atoms with Gasteiger partial charge in [0.1, 0.15) is 5.92 Å². The molecule has 0 saturated heterocycles. The molecule has 0 N–H and O–H groups in total. The first-order valence-electron chi connectivity index (χ1n) is 7.09. The summed E-state index contributed by atoms with van der Waals surface area (Å²) in [4.78, 5) is 25.9. The van der Waals surface area contributed by atoms with Gasteiger partial charge >= 0.3 is 6.18 Å². The fourth-order valence-electron chi connectivity index (χ4n) is 2.58. The van der Waals surface area contributed by atoms with Crippen molar-refractivity contribution < 1.29 is 22.8 Å². The summed E-state index contributed by atoms with van der Waals surface area (Å²) in [5, 5.41) is 0. The Morgan fingerprint density at radius 1 is 1.14 bits per heavy atom. The first-order valence-corrected chi connectivity index (χ1v) is 7.09. The molecule has 0 amide bonds. The Hall–Kier alpha value is -1.69. The molecule has 1 aliphatic rings. The quantitative estimate of drug-likeness (QED) is 0.758. The van der Waals surface area contributed by atoms with Crippen molar-refractivity contribution >= 4 is 11.6 Å². The van der Waals surface area contributed by atoms with Crippen LogP contribution in [0.5, 0.6) is 0 Å². The number of carbonyl (C=O) groups excluding carboxylic acids is 2. The zero-order chi connectivity index (χ0) is 16.5. The fourth-order valence-corrected chi connectivity index (χ4v) is 2.58. The van der Waals surface area contributed by atoms with Crippen molar-refractivity contribution in [2.75, 3.05) is 14.1 Å². The molecule has 1 aromatic rings. The molecule has 2 unspecified atom stereocenters. The number of hydrogen-bond acceptors (Lipinski definition) is 3. The number of rotatable bonds is 6. The molecule has 0 aromatic heterocycles. The summed E-state index contributed by atoms with van der Waals surface area (Å²) >= 11 is 0. The van der Waals surface area contributed by atoms with E-state index in [2.05, 4.69) is 0 Å². The number of hydrogen-bond donors (Lipinski definition) is 0. The van der Waals surface area contributed by atoms with E-state index in [1.807, 2.05) is 0 Å². The van der Waals surface area contributed by atoms with Gasteiger partial charge in [0.05, 0.1) is 6.04 Å². The zero-order valence-electron chi connectivity index (χ0n) is 12.4. The van der Waals surface area contributed by atoms with Crippen LogP contribution in [0.15, 0.2) is 30.3 Å². The molecule has 0 radical (unpaired) electrons. The van der Waals surface area contributed by atoms with Gasteiger partial charge in [0, 0.05) is 11.5 Å². The molecule has 3 nitrogen and oxygen atoms in total. The predicted octanol–water partition coefficient (Wildman–Crippen LogP) is 2.96. The Labute approximate surface area is 127 Å². The summed E-state index contributed by atoms with van der Waals surface area (Å²) in [6.45, 7) is 0. The van der Waals surface area contributed by atoms with Crippen molar-refractivity contribution in [3.8, 4) is 0 Å². The lowest BCUT2D eigenvalue weighted by Crippen LogP contribution is -2.52. The summed E-state index contributed by atoms with van der Waals surface area (Å²) in [5.41, 5.74) is -0.0275. The highest BCUT2D eigenvalue weighted by molar-refractivity contribution is 6.03. The van der Waals surface area contributed by atoms with Crippen LogP contribution >= 0.6 is 0 Å². The van der Waals surface area contributed by atoms with Gasteiger partial charge in [-0.1, -0.05) is 30.3 Å². The number of ketones is 2. The third-order valence-electron chi connectivity index (χ3n) is 3.84. The minimum absolute atomic E-state index is 0.0275. The molecular weight excluding hydrogens is 295 g/mol. The van der Waals surface area contributed by atoms with Gasteiger partial charge in [-0.2, -0.15) is 13.2 Å². The maximum Gasteiger partial charge on any atom is 0.400 e. The van der Waals surface area contributed by atoms with Crippen LogP contribution in [0, 0.1) is 11.8 Å². The largest absolute Gasteiger partial charge is 0.400 e. The van der Waals surface area contributed by atoms with Crippen LogP contribution in [0.3, 0.4) is 0 Å². The Balaban J connectivity index is 2.40. The van der Waals surface area contributed by atoms with Crippen molar-refractivity contribution in [2.45, 2.75) is 25.1 Å². The van der Waals surface area contributed by atoms with Gasteiger partial charge in [0.2, 0.25) is 0 Å². The molecule has 1 saturated carbocycles. The number of alkyl halides is 3. The Morgan fingerprint density at radius 2 is 1.68 bits per heavy atom. The number of Topliss-reactive ketones (excluding diaryl/α,β-unsaturated/α-hetero) is 2. The van der Waals surface area contributed by atoms with Gasteiger partial charge in [0.15, 0.2) is 11.6 Å². The van der Waals surface area contributed by atoms with Crippen molar-refractivity contribution in [3.05, 3.63) is 35.9 Å². The first-order chi connectivity index (χ1) is 10.2. The molecule has 6 heteroatoms. The Bertz CT molecular complexity index is 550. The topological polar surface area (TPSA) is 37.4 Å². The van der Waals surface area contributed by atoms with E-state index in [9.17, 15) is 22.8 Å². The molecular formula is C16H18F3NO2. The van der Waals surface area contributed by atoms with Gasteiger partial charge < -0.3 is 0 Å². The third-order valence-corrected chi connectivity index (χ3v) is 3.84. The average Bonchev–Trinajstić information content (AvgIpc) is 3.27. The highest BCUT2D eigenvalue weighted by Crippen LogP contribution is 2.39. The molecule has 2 atom stereocenters. The van der Waals surface area contributed by atoms with E-state index < -0.39 is 29.7 Å². The second-order valence-corrected chi connectivity index (χ2v) is 5.83. The minimum atomic E-state index is -4.77. The van der Waals surface area contributed by atoms with E-state index in [0.717, 1.165) is 0 Å². The molecule has 0 bridgehead atoms. The second-order valence-electron chi connectivity index (χ2n) is 5.83. The third kappa shape index (κ3) is 3.55. The normalized spacial score (nSPS) is 18.1. The molecule has 0 heterocycles. The van der Waals surface area contributed by atoms with Crippen molar-refractivity contribution in [1.82, 2.24) is 4.90 Å². The van der Waals surface area contributed by atoms with E-state index in [1.165, 1.54) is 43.3 Å². The molecule has 2 rings (SSSR count). The fraction of sp³-hybridized carbons (Fsp3) is 0.500. The summed E-state index contributed by atoms with van der Waals surface area (Å²) in [5.74, 6) is -4.23. The second kappa shape index (κ2) is 6.20. The minimum Gasteiger partial charge on any atom is -0.299 e. The molecule has 22 heavy (non-hydrogen) atoms. The van der Waals surface area contributed by atoms with Crippen LogP contribution < -0.4 is 0 Å². The molecule has 0 aliphatic heterocycles. The maximum atomic E-state index is 13.5. The van der Waals surface area contributed by atoms with Crippen LogP contribution in [0.4, 0.5) is 13.2 Å². The molecule has 120 valence electrons. The Kier molecular flexibility index (Phi) is 4.70. The number of halogens is 3. The molecule has 0 spiro atoms. The van der Waals surface area contributed by atoms with E-state index in [1.54, 1.807) is 6.07 Å². The van der Waals surface area contributed by atoms with Crippen LogP contribution in [0.25, 0.3) is 0 Å². The summed E-state index contributed by atoms with van der Waals surface area (Å²) < 4.78 is 40.5. The highest BCUT2D eigenvalue weighted by atomic mass is 19.4. The lowest BCUT2D eigenvalue weighted by molar-refractivity contribution is -0.178. The van der Waals surface area contributed by atoms with Gasteiger partial charge in [-0.15, -0.1) is 0 Å². The lowest BCUT2D eigenvalue weighted by Gasteiger charge is -2.31. The summed E-state index contributed by atoms with van der Waals surface area (Å²) in [6, 6.07) is 5.85. The predicted molar refractivity (Wildman–Crippen MR) is 75.5 cm³/mol. The lowest BCUT2D eigenvalue weighted by atomic mass is 9.85. The van der Waals surface area contributed by atoms with Gasteiger partial charge in [0.25, 0.3) is 0 Å². The van der Waals surface area contributed by atoms with E-state index in [4.69, 9.17) is 0 Å². The van der Waals surface area contributed by atoms with Crippen LogP contribution in [-0.2, 0) is 4.79 Å².